The molecule has 618 valence electrons. The van der Waals surface area contributed by atoms with Gasteiger partial charge >= 0.3 is 0 Å². The van der Waals surface area contributed by atoms with Gasteiger partial charge in [-0.1, -0.05) is 187 Å². The second-order valence-corrected chi connectivity index (χ2v) is 30.4. The zero-order valence-electron chi connectivity index (χ0n) is 67.2. The van der Waals surface area contributed by atoms with Gasteiger partial charge in [0.2, 0.25) is 0 Å². The molecule has 6 amide bonds. The molecule has 12 N–H and O–H groups in total. The summed E-state index contributed by atoms with van der Waals surface area (Å²) in [7, 11) is 0. The van der Waals surface area contributed by atoms with Crippen molar-refractivity contribution >= 4 is 124 Å². The fourth-order valence-electron chi connectivity index (χ4n) is 13.7. The van der Waals surface area contributed by atoms with Crippen molar-refractivity contribution in [2.24, 2.45) is 5.92 Å². The minimum Gasteiger partial charge on any atom is -0.464 e. The number of carbonyl (C=O) groups is 6. The third kappa shape index (κ3) is 23.0. The van der Waals surface area contributed by atoms with E-state index >= 15 is 0 Å². The van der Waals surface area contributed by atoms with Crippen LogP contribution in [0.25, 0.3) is 65.4 Å². The Morgan fingerprint density at radius 3 is 1.27 bits per heavy atom. The molecule has 123 heavy (non-hydrogen) atoms. The first-order valence-corrected chi connectivity index (χ1v) is 40.7. The number of hydrogen-bond acceptors (Lipinski definition) is 8. The van der Waals surface area contributed by atoms with Crippen molar-refractivity contribution in [2.45, 2.75) is 71.4 Å². The molecule has 0 saturated heterocycles. The molecule has 1 saturated carbocycles. The van der Waals surface area contributed by atoms with Gasteiger partial charge in [-0.05, 0) is 207 Å². The number of fused-ring (bicyclic) bond motifs is 6. The minimum atomic E-state index is -0.320. The van der Waals surface area contributed by atoms with E-state index in [9.17, 15) is 37.5 Å². The Morgan fingerprint density at radius 1 is 0.374 bits per heavy atom. The highest BCUT2D eigenvalue weighted by atomic mass is 35.5. The lowest BCUT2D eigenvalue weighted by molar-refractivity contribution is 0.0920. The Kier molecular flexibility index (Phi) is 27.7. The lowest BCUT2D eigenvalue weighted by atomic mass is 10.0. The van der Waals surface area contributed by atoms with Crippen molar-refractivity contribution < 1.29 is 42.0 Å². The summed E-state index contributed by atoms with van der Waals surface area (Å²) in [6.45, 7) is 7.20. The number of aryl methyl sites for hydroxylation is 1. The predicted molar refractivity (Wildman–Crippen MR) is 481 cm³/mol. The number of amides is 6. The van der Waals surface area contributed by atoms with Gasteiger partial charge in [0.1, 0.15) is 57.3 Å². The number of pyridine rings is 1. The summed E-state index contributed by atoms with van der Waals surface area (Å²) in [6.07, 6.45) is 5.65. The van der Waals surface area contributed by atoms with Crippen molar-refractivity contribution in [3.05, 3.63) is 411 Å². The summed E-state index contributed by atoms with van der Waals surface area (Å²) < 4.78 is 32.5. The highest BCUT2D eigenvalue weighted by Gasteiger charge is 2.34. The van der Waals surface area contributed by atoms with E-state index in [-0.39, 0.29) is 65.2 Å². The average Bonchev–Trinajstić information content (AvgIpc) is 1.75. The number of H-pyrrole nitrogens is 6. The lowest BCUT2D eigenvalue weighted by Gasteiger charge is -2.18. The Labute approximate surface area is 716 Å². The molecule has 8 aromatic heterocycles. The van der Waals surface area contributed by atoms with E-state index in [0.29, 0.717) is 86.1 Å². The van der Waals surface area contributed by atoms with Crippen LogP contribution in [0.4, 0.5) is 8.78 Å². The third-order valence-electron chi connectivity index (χ3n) is 20.4. The van der Waals surface area contributed by atoms with Crippen LogP contribution in [0.15, 0.2) is 320 Å². The van der Waals surface area contributed by atoms with E-state index in [1.54, 1.807) is 54.9 Å². The average molecular weight is 1680 g/mol. The fourth-order valence-corrected chi connectivity index (χ4v) is 14.0. The first kappa shape index (κ1) is 84.6. The molecule has 1 aliphatic rings. The largest absolute Gasteiger partial charge is 0.464 e. The number of nitrogens with one attached hydrogen (secondary N) is 12. The second kappa shape index (κ2) is 40.3. The number of para-hydroxylation sites is 3. The monoisotopic (exact) mass is 1680 g/mol. The maximum absolute atomic E-state index is 13.8. The lowest BCUT2D eigenvalue weighted by Crippen LogP contribution is -2.30. The quantitative estimate of drug-likeness (QED) is 0.0369. The molecule has 0 radical (unpaired) electrons. The normalized spacial score (nSPS) is 12.1. The number of rotatable bonds is 19. The molecular weight excluding hydrogens is 1590 g/mol. The van der Waals surface area contributed by atoms with Crippen molar-refractivity contribution in [1.82, 2.24) is 66.8 Å². The topological polar surface area (TPSA) is 295 Å². The van der Waals surface area contributed by atoms with Gasteiger partial charge < -0.3 is 66.2 Å². The minimum absolute atomic E-state index is 0.0139. The summed E-state index contributed by atoms with van der Waals surface area (Å²) in [5.41, 5.74) is 13.5. The molecule has 10 aromatic carbocycles. The molecule has 0 bridgehead atoms. The van der Waals surface area contributed by atoms with Gasteiger partial charge in [-0.15, -0.1) is 0 Å². The van der Waals surface area contributed by atoms with Gasteiger partial charge in [0, 0.05) is 107 Å². The molecule has 19 rings (SSSR count). The van der Waals surface area contributed by atoms with E-state index in [1.807, 2.05) is 263 Å². The van der Waals surface area contributed by atoms with Gasteiger partial charge in [-0.3, -0.25) is 33.8 Å². The molecule has 0 aliphatic heterocycles. The van der Waals surface area contributed by atoms with Crippen LogP contribution >= 0.6 is 23.2 Å². The van der Waals surface area contributed by atoms with Crippen molar-refractivity contribution in [2.75, 3.05) is 0 Å². The van der Waals surface area contributed by atoms with Crippen molar-refractivity contribution in [1.29, 1.82) is 0 Å². The van der Waals surface area contributed by atoms with E-state index in [1.165, 1.54) is 18.2 Å². The van der Waals surface area contributed by atoms with Gasteiger partial charge in [-0.2, -0.15) is 0 Å². The van der Waals surface area contributed by atoms with Crippen LogP contribution in [0.3, 0.4) is 0 Å². The van der Waals surface area contributed by atoms with Crippen LogP contribution in [0, 0.1) is 24.5 Å². The second-order valence-electron chi connectivity index (χ2n) is 29.5. The number of carbonyl (C=O) groups excluding carboxylic acids is 6. The summed E-state index contributed by atoms with van der Waals surface area (Å²) >= 11 is 11.8. The van der Waals surface area contributed by atoms with Crippen molar-refractivity contribution in [3.63, 3.8) is 0 Å². The molecule has 24 heteroatoms. The number of hydrogen-bond donors (Lipinski definition) is 12. The Morgan fingerprint density at radius 2 is 0.772 bits per heavy atom. The Balaban J connectivity index is 0.000000120. The molecule has 20 nitrogen and oxygen atoms in total. The summed E-state index contributed by atoms with van der Waals surface area (Å²) in [6, 6.07) is 93.0. The Hall–Kier alpha value is -14.9. The van der Waals surface area contributed by atoms with Crippen LogP contribution < -0.4 is 31.9 Å². The fraction of sp³-hybridized carbons (Fsp3) is 0.121. The van der Waals surface area contributed by atoms with Crippen LogP contribution in [0.2, 0.25) is 10.0 Å². The highest BCUT2D eigenvalue weighted by Crippen LogP contribution is 2.41. The van der Waals surface area contributed by atoms with E-state index in [0.717, 1.165) is 101 Å². The zero-order valence-corrected chi connectivity index (χ0v) is 68.7. The number of benzene rings is 10. The van der Waals surface area contributed by atoms with Crippen LogP contribution in [0.5, 0.6) is 0 Å². The molecule has 1 fully saturated rings. The van der Waals surface area contributed by atoms with Gasteiger partial charge in [0.15, 0.2) is 0 Å². The van der Waals surface area contributed by atoms with Gasteiger partial charge in [-0.25, -0.2) is 8.78 Å². The van der Waals surface area contributed by atoms with Crippen molar-refractivity contribution in [3.8, 4) is 0 Å². The van der Waals surface area contributed by atoms with Crippen LogP contribution in [0.1, 0.15) is 147 Å². The van der Waals surface area contributed by atoms with E-state index < -0.39 is 0 Å². The van der Waals surface area contributed by atoms with E-state index in [4.69, 9.17) is 27.6 Å². The maximum Gasteiger partial charge on any atom is 0.268 e. The highest BCUT2D eigenvalue weighted by molar-refractivity contribution is 6.31. The van der Waals surface area contributed by atoms with E-state index in [2.05, 4.69) is 66.8 Å². The van der Waals surface area contributed by atoms with Gasteiger partial charge in [0.25, 0.3) is 35.4 Å². The number of aromatic nitrogens is 7. The first-order chi connectivity index (χ1) is 59.7. The molecule has 8 heterocycles. The van der Waals surface area contributed by atoms with Crippen LogP contribution in [-0.4, -0.2) is 70.3 Å². The molecular formula is C99H87Cl2F2N13O7. The smallest absolute Gasteiger partial charge is 0.268 e. The summed E-state index contributed by atoms with van der Waals surface area (Å²) in [5.74, 6) is 0.573. The predicted octanol–water partition coefficient (Wildman–Crippen LogP) is 21.5. The number of halogens is 4. The van der Waals surface area contributed by atoms with Crippen LogP contribution in [-0.2, 0) is 19.6 Å². The number of furan rings is 1. The molecule has 18 aromatic rings. The van der Waals surface area contributed by atoms with Gasteiger partial charge in [0.05, 0.1) is 18.1 Å². The number of aromatic amines is 6. The molecule has 0 spiro atoms. The molecule has 3 atom stereocenters. The molecule has 1 aliphatic carbocycles. The first-order valence-electron chi connectivity index (χ1n) is 39.9. The summed E-state index contributed by atoms with van der Waals surface area (Å²) in [5, 5.41) is 24.1. The Bertz CT molecular complexity index is 6560. The SMILES string of the molecule is CC(NC(=O)c1cc2cc(F)ccc2[nH]1)c1ccccc1.Cc1ccc(C(C)NC(=O)c2cc3ccccc3[nH]2)o1.O=C(NC(c1ccccc1)C1CC1)c1cc2c(F)cccc2[nH]1.O=C(NCc1ccc(Cl)cc1)c1cc2ccccc2[nH]1.O=C(NCc1ccccc1)c1cc2ccccc2[nH]1.O=C(NCc1ccncc1)c1cc2cc(Cl)ccc2[nH]1. The molecule has 3 unspecified atom stereocenters. The maximum atomic E-state index is 13.8. The number of nitrogens with zero attached hydrogens (tertiary/aromatic N) is 1. The zero-order chi connectivity index (χ0) is 85.7. The standard InChI is InChI=1S/C19H17FN2O.C17H15FN2O.C16H13ClN2O.C16H16N2O2.C16H14N2O.C15H12ClN3O/c20-15-7-4-8-16-14(15)11-17(21-16)19(23)22-18(13-9-10-13)12-5-2-1-3-6-12;1-11(12-5-3-2-4-6-12)19-17(21)16-10-13-9-14(18)7-8-15(13)20-16;17-13-7-5-11(6-8-13)10-18-16(20)15-9-12-3-1-2-4-14(12)19-15;1-10-7-8-15(20-10)11(2)17-16(19)14-9-12-5-3-4-6-13(12)18-14;19-16(17-11-12-6-2-1-3-7-12)15-10-13-8-4-5-9-14(13)18-15;16-12-1-2-13-11(7-12)8-14(19-13)15(20)18-9-10-3-5-17-6-4-10/h1-8,11,13,18,21H,9-10H2,(H,22,23);2-11,20H,1H3,(H,19,21);1-9,19H,10H2,(H,18,20);3-9,11,18H,1-2H3,(H,17,19);1-10,18H,11H2,(H,17,19);1-8,19H,9H2,(H,18,20). The third-order valence-corrected chi connectivity index (χ3v) is 20.9. The summed E-state index contributed by atoms with van der Waals surface area (Å²) in [4.78, 5) is 95.6.